The van der Waals surface area contributed by atoms with Gasteiger partial charge in [0.2, 0.25) is 0 Å². The van der Waals surface area contributed by atoms with Crippen molar-refractivity contribution in [2.75, 3.05) is 5.32 Å². The van der Waals surface area contributed by atoms with Crippen LogP contribution in [0, 0.1) is 0 Å². The van der Waals surface area contributed by atoms with Gasteiger partial charge >= 0.3 is 6.03 Å². The fourth-order valence-electron chi connectivity index (χ4n) is 1.49. The van der Waals surface area contributed by atoms with Crippen molar-refractivity contribution in [2.45, 2.75) is 26.3 Å². The van der Waals surface area contributed by atoms with Crippen LogP contribution in [-0.4, -0.2) is 26.8 Å². The molecule has 100 valence electrons. The molecule has 2 aromatic heterocycles. The molecule has 19 heavy (non-hydrogen) atoms. The van der Waals surface area contributed by atoms with E-state index in [2.05, 4.69) is 20.7 Å². The Morgan fingerprint density at radius 2 is 2.32 bits per heavy atom. The van der Waals surface area contributed by atoms with Gasteiger partial charge in [-0.25, -0.2) is 14.5 Å². The standard InChI is InChI=1S/C13H17N5O/c1-3-10(2)16-13(19)17-11-5-6-12(14-9-11)18-8-4-7-15-18/h4-10H,3H2,1-2H3,(H2,16,17,19). The summed E-state index contributed by atoms with van der Waals surface area (Å²) in [6.45, 7) is 3.98. The Labute approximate surface area is 111 Å². The van der Waals surface area contributed by atoms with Crippen LogP contribution in [0.25, 0.3) is 5.82 Å². The van der Waals surface area contributed by atoms with Crippen molar-refractivity contribution in [3.63, 3.8) is 0 Å². The number of nitrogens with one attached hydrogen (secondary N) is 2. The monoisotopic (exact) mass is 259 g/mol. The topological polar surface area (TPSA) is 71.8 Å². The number of anilines is 1. The van der Waals surface area contributed by atoms with Crippen LogP contribution < -0.4 is 10.6 Å². The molecule has 0 aliphatic heterocycles. The zero-order valence-corrected chi connectivity index (χ0v) is 11.0. The number of amides is 2. The highest BCUT2D eigenvalue weighted by molar-refractivity contribution is 5.89. The van der Waals surface area contributed by atoms with Crippen LogP contribution in [0.15, 0.2) is 36.8 Å². The molecule has 0 aromatic carbocycles. The second-order valence-corrected chi connectivity index (χ2v) is 4.26. The Hall–Kier alpha value is -2.37. The largest absolute Gasteiger partial charge is 0.335 e. The third-order valence-corrected chi connectivity index (χ3v) is 2.73. The highest BCUT2D eigenvalue weighted by Crippen LogP contribution is 2.08. The predicted molar refractivity (Wildman–Crippen MR) is 73.3 cm³/mol. The average molecular weight is 259 g/mol. The Morgan fingerprint density at radius 3 is 2.89 bits per heavy atom. The molecule has 6 heteroatoms. The second-order valence-electron chi connectivity index (χ2n) is 4.26. The van der Waals surface area contributed by atoms with E-state index in [4.69, 9.17) is 0 Å². The van der Waals surface area contributed by atoms with E-state index in [0.717, 1.165) is 6.42 Å². The molecule has 0 saturated heterocycles. The van der Waals surface area contributed by atoms with Gasteiger partial charge in [-0.3, -0.25) is 0 Å². The smallest absolute Gasteiger partial charge is 0.319 e. The Bertz CT molecular complexity index is 520. The van der Waals surface area contributed by atoms with Crippen LogP contribution in [0.2, 0.25) is 0 Å². The van der Waals surface area contributed by atoms with Gasteiger partial charge in [0, 0.05) is 18.4 Å². The van der Waals surface area contributed by atoms with Gasteiger partial charge in [-0.05, 0) is 31.5 Å². The molecule has 2 aromatic rings. The summed E-state index contributed by atoms with van der Waals surface area (Å²) >= 11 is 0. The van der Waals surface area contributed by atoms with Crippen LogP contribution in [-0.2, 0) is 0 Å². The van der Waals surface area contributed by atoms with E-state index in [1.807, 2.05) is 26.1 Å². The molecule has 0 aliphatic rings. The van der Waals surface area contributed by atoms with Crippen molar-refractivity contribution in [1.82, 2.24) is 20.1 Å². The van der Waals surface area contributed by atoms with E-state index >= 15 is 0 Å². The molecule has 0 aliphatic carbocycles. The number of hydrogen-bond acceptors (Lipinski definition) is 3. The molecule has 0 radical (unpaired) electrons. The Balaban J connectivity index is 1.97. The third kappa shape index (κ3) is 3.54. The van der Waals surface area contributed by atoms with Crippen LogP contribution in [0.3, 0.4) is 0 Å². The van der Waals surface area contributed by atoms with Crippen molar-refractivity contribution in [3.8, 4) is 5.82 Å². The van der Waals surface area contributed by atoms with Crippen LogP contribution >= 0.6 is 0 Å². The summed E-state index contributed by atoms with van der Waals surface area (Å²) in [6.07, 6.45) is 6.00. The molecule has 2 rings (SSSR count). The highest BCUT2D eigenvalue weighted by Gasteiger charge is 2.05. The first kappa shape index (κ1) is 13.1. The van der Waals surface area contributed by atoms with Gasteiger partial charge in [0.1, 0.15) is 0 Å². The summed E-state index contributed by atoms with van der Waals surface area (Å²) in [5, 5.41) is 9.64. The van der Waals surface area contributed by atoms with E-state index in [1.54, 1.807) is 29.2 Å². The summed E-state index contributed by atoms with van der Waals surface area (Å²) in [5.41, 5.74) is 0.650. The first-order valence-electron chi connectivity index (χ1n) is 6.22. The van der Waals surface area contributed by atoms with Gasteiger partial charge in [-0.15, -0.1) is 0 Å². The summed E-state index contributed by atoms with van der Waals surface area (Å²) < 4.78 is 1.66. The number of pyridine rings is 1. The molecule has 0 spiro atoms. The minimum atomic E-state index is -0.219. The van der Waals surface area contributed by atoms with Crippen LogP contribution in [0.5, 0.6) is 0 Å². The van der Waals surface area contributed by atoms with E-state index < -0.39 is 0 Å². The lowest BCUT2D eigenvalue weighted by Gasteiger charge is -2.12. The van der Waals surface area contributed by atoms with E-state index in [-0.39, 0.29) is 12.1 Å². The fraction of sp³-hybridized carbons (Fsp3) is 0.308. The second kappa shape index (κ2) is 5.99. The summed E-state index contributed by atoms with van der Waals surface area (Å²) in [4.78, 5) is 15.9. The molecule has 0 bridgehead atoms. The van der Waals surface area contributed by atoms with Gasteiger partial charge in [-0.1, -0.05) is 6.92 Å². The molecule has 2 heterocycles. The maximum atomic E-state index is 11.6. The fourth-order valence-corrected chi connectivity index (χ4v) is 1.49. The number of rotatable bonds is 4. The minimum absolute atomic E-state index is 0.149. The summed E-state index contributed by atoms with van der Waals surface area (Å²) in [6, 6.07) is 5.35. The lowest BCUT2D eigenvalue weighted by atomic mass is 10.3. The normalized spacial score (nSPS) is 11.9. The van der Waals surface area contributed by atoms with Crippen LogP contribution in [0.4, 0.5) is 10.5 Å². The first-order chi connectivity index (χ1) is 9.19. The molecule has 2 N–H and O–H groups in total. The quantitative estimate of drug-likeness (QED) is 0.884. The maximum absolute atomic E-state index is 11.6. The van der Waals surface area contributed by atoms with Gasteiger partial charge in [-0.2, -0.15) is 5.10 Å². The number of carbonyl (C=O) groups excluding carboxylic acids is 1. The van der Waals surface area contributed by atoms with Crippen molar-refractivity contribution >= 4 is 11.7 Å². The van der Waals surface area contributed by atoms with Crippen molar-refractivity contribution < 1.29 is 4.79 Å². The van der Waals surface area contributed by atoms with Gasteiger partial charge in [0.05, 0.1) is 11.9 Å². The zero-order chi connectivity index (χ0) is 13.7. The van der Waals surface area contributed by atoms with E-state index in [9.17, 15) is 4.79 Å². The molecule has 1 unspecified atom stereocenters. The number of hydrogen-bond donors (Lipinski definition) is 2. The van der Waals surface area contributed by atoms with Gasteiger partial charge in [0.15, 0.2) is 5.82 Å². The van der Waals surface area contributed by atoms with Crippen molar-refractivity contribution in [2.24, 2.45) is 0 Å². The lowest BCUT2D eigenvalue weighted by molar-refractivity contribution is 0.249. The molecule has 0 fully saturated rings. The molecular weight excluding hydrogens is 242 g/mol. The van der Waals surface area contributed by atoms with Crippen molar-refractivity contribution in [1.29, 1.82) is 0 Å². The number of carbonyl (C=O) groups is 1. The molecule has 2 amide bonds. The lowest BCUT2D eigenvalue weighted by Crippen LogP contribution is -2.35. The molecule has 0 saturated carbocycles. The number of urea groups is 1. The van der Waals surface area contributed by atoms with E-state index in [0.29, 0.717) is 11.5 Å². The zero-order valence-electron chi connectivity index (χ0n) is 11.0. The van der Waals surface area contributed by atoms with Crippen LogP contribution in [0.1, 0.15) is 20.3 Å². The highest BCUT2D eigenvalue weighted by atomic mass is 16.2. The SMILES string of the molecule is CCC(C)NC(=O)Nc1ccc(-n2cccn2)nc1. The van der Waals surface area contributed by atoms with E-state index in [1.165, 1.54) is 0 Å². The van der Waals surface area contributed by atoms with Gasteiger partial charge < -0.3 is 10.6 Å². The van der Waals surface area contributed by atoms with Crippen molar-refractivity contribution in [3.05, 3.63) is 36.8 Å². The maximum Gasteiger partial charge on any atom is 0.319 e. The predicted octanol–water partition coefficient (Wildman–Crippen LogP) is 2.19. The number of nitrogens with zero attached hydrogens (tertiary/aromatic N) is 3. The Kier molecular flexibility index (Phi) is 4.12. The third-order valence-electron chi connectivity index (χ3n) is 2.73. The summed E-state index contributed by atoms with van der Waals surface area (Å²) in [7, 11) is 0. The average Bonchev–Trinajstić information content (AvgIpc) is 2.93. The number of aromatic nitrogens is 3. The first-order valence-corrected chi connectivity index (χ1v) is 6.22. The Morgan fingerprint density at radius 1 is 1.47 bits per heavy atom. The molecule has 1 atom stereocenters. The minimum Gasteiger partial charge on any atom is -0.335 e. The molecule has 6 nitrogen and oxygen atoms in total. The molecular formula is C13H17N5O. The summed E-state index contributed by atoms with van der Waals surface area (Å²) in [5.74, 6) is 0.706. The van der Waals surface area contributed by atoms with Gasteiger partial charge in [0.25, 0.3) is 0 Å².